The number of nitrogens with two attached hydrogens (primary N) is 1. The van der Waals surface area contributed by atoms with Crippen LogP contribution in [0.3, 0.4) is 0 Å². The van der Waals surface area contributed by atoms with E-state index in [0.717, 1.165) is 5.56 Å². The average molecular weight is 278 g/mol. The van der Waals surface area contributed by atoms with Gasteiger partial charge in [0, 0.05) is 5.56 Å². The maximum Gasteiger partial charge on any atom is 0.404 e. The third kappa shape index (κ3) is 1.91. The Morgan fingerprint density at radius 2 is 2.10 bits per heavy atom. The minimum atomic E-state index is -1.40. The van der Waals surface area contributed by atoms with Crippen molar-refractivity contribution in [2.24, 2.45) is 5.73 Å². The van der Waals surface area contributed by atoms with Crippen LogP contribution in [-0.4, -0.2) is 46.9 Å². The van der Waals surface area contributed by atoms with Crippen LogP contribution in [0.15, 0.2) is 30.3 Å². The monoisotopic (exact) mass is 278 g/mol. The first kappa shape index (κ1) is 12.9. The van der Waals surface area contributed by atoms with Gasteiger partial charge in [-0.05, 0) is 0 Å². The molecule has 2 fully saturated rings. The van der Waals surface area contributed by atoms with E-state index in [1.807, 2.05) is 30.3 Å². The average Bonchev–Trinajstić information content (AvgIpc) is 2.96. The Morgan fingerprint density at radius 3 is 2.75 bits per heavy atom. The summed E-state index contributed by atoms with van der Waals surface area (Å²) in [4.78, 5) is 24.4. The fraction of sp³-hybridized carbons (Fsp3) is 0.385. The highest BCUT2D eigenvalue weighted by atomic mass is 16.6. The molecular formula is C13H14N2O5. The van der Waals surface area contributed by atoms with Crippen LogP contribution in [0.4, 0.5) is 4.79 Å². The molecule has 2 unspecified atom stereocenters. The number of ether oxygens (including phenoxy) is 2. The van der Waals surface area contributed by atoms with Gasteiger partial charge >= 0.3 is 6.09 Å². The normalized spacial score (nSPS) is 32.2. The summed E-state index contributed by atoms with van der Waals surface area (Å²) in [7, 11) is 0. The van der Waals surface area contributed by atoms with Crippen molar-refractivity contribution in [1.29, 1.82) is 0 Å². The Hall–Kier alpha value is -2.12. The third-order valence-corrected chi connectivity index (χ3v) is 3.57. The van der Waals surface area contributed by atoms with Crippen molar-refractivity contribution in [3.8, 4) is 0 Å². The molecule has 2 saturated heterocycles. The van der Waals surface area contributed by atoms with Gasteiger partial charge in [0.2, 0.25) is 0 Å². The van der Waals surface area contributed by atoms with Gasteiger partial charge in [-0.25, -0.2) is 4.79 Å². The first-order chi connectivity index (χ1) is 9.59. The number of rotatable bonds is 2. The molecule has 2 amide bonds. The summed E-state index contributed by atoms with van der Waals surface area (Å²) in [5, 5.41) is 9.90. The van der Waals surface area contributed by atoms with Crippen molar-refractivity contribution in [1.82, 2.24) is 4.90 Å². The number of primary amides is 1. The van der Waals surface area contributed by atoms with E-state index in [2.05, 4.69) is 0 Å². The SMILES string of the molecule is NC(=O)OC1C2CO[C@H](c3ccccc3)N2C(=O)[C@@H]1O. The molecule has 0 aromatic heterocycles. The van der Waals surface area contributed by atoms with Gasteiger partial charge in [-0.3, -0.25) is 4.79 Å². The number of aliphatic hydroxyl groups is 1. The molecule has 0 radical (unpaired) electrons. The van der Waals surface area contributed by atoms with E-state index < -0.39 is 36.5 Å². The third-order valence-electron chi connectivity index (χ3n) is 3.57. The second kappa shape index (κ2) is 4.77. The molecule has 0 saturated carbocycles. The second-order valence-electron chi connectivity index (χ2n) is 4.76. The van der Waals surface area contributed by atoms with Crippen molar-refractivity contribution < 1.29 is 24.2 Å². The number of hydrogen-bond donors (Lipinski definition) is 2. The van der Waals surface area contributed by atoms with Crippen molar-refractivity contribution in [3.63, 3.8) is 0 Å². The largest absolute Gasteiger partial charge is 0.441 e. The Morgan fingerprint density at radius 1 is 1.40 bits per heavy atom. The summed E-state index contributed by atoms with van der Waals surface area (Å²) < 4.78 is 10.4. The molecule has 106 valence electrons. The van der Waals surface area contributed by atoms with E-state index in [4.69, 9.17) is 15.2 Å². The van der Waals surface area contributed by atoms with E-state index in [-0.39, 0.29) is 6.61 Å². The first-order valence-corrected chi connectivity index (χ1v) is 6.22. The molecule has 1 aromatic carbocycles. The van der Waals surface area contributed by atoms with Gasteiger partial charge in [0.05, 0.1) is 12.6 Å². The quantitative estimate of drug-likeness (QED) is 0.776. The molecule has 2 aliphatic rings. The van der Waals surface area contributed by atoms with Crippen molar-refractivity contribution in [2.75, 3.05) is 6.61 Å². The van der Waals surface area contributed by atoms with Crippen LogP contribution in [0.2, 0.25) is 0 Å². The Labute approximate surface area is 114 Å². The van der Waals surface area contributed by atoms with Gasteiger partial charge in [-0.2, -0.15) is 0 Å². The van der Waals surface area contributed by atoms with Crippen molar-refractivity contribution in [3.05, 3.63) is 35.9 Å². The van der Waals surface area contributed by atoms with Crippen LogP contribution in [0.5, 0.6) is 0 Å². The molecule has 2 aliphatic heterocycles. The maximum atomic E-state index is 12.1. The lowest BCUT2D eigenvalue weighted by molar-refractivity contribution is -0.142. The first-order valence-electron chi connectivity index (χ1n) is 6.22. The summed E-state index contributed by atoms with van der Waals surface area (Å²) in [5.41, 5.74) is 5.77. The smallest absolute Gasteiger partial charge is 0.404 e. The molecule has 3 rings (SSSR count). The summed E-state index contributed by atoms with van der Waals surface area (Å²) in [6.07, 6.45) is -3.99. The summed E-state index contributed by atoms with van der Waals surface area (Å²) in [5.74, 6) is -0.521. The van der Waals surface area contributed by atoms with Crippen LogP contribution in [0.25, 0.3) is 0 Å². The second-order valence-corrected chi connectivity index (χ2v) is 4.76. The minimum absolute atomic E-state index is 0.181. The molecule has 7 heteroatoms. The zero-order valence-corrected chi connectivity index (χ0v) is 10.5. The van der Waals surface area contributed by atoms with Crippen LogP contribution in [0, 0.1) is 0 Å². The highest BCUT2D eigenvalue weighted by Crippen LogP contribution is 2.38. The summed E-state index contributed by atoms with van der Waals surface area (Å²) in [6, 6.07) is 8.66. The molecule has 7 nitrogen and oxygen atoms in total. The fourth-order valence-corrected chi connectivity index (χ4v) is 2.71. The standard InChI is InChI=1S/C13H14N2O5/c14-13(18)20-10-8-6-19-12(7-4-2-1-3-5-7)15(8)11(17)9(10)16/h1-5,8-10,12,16H,6H2,(H2,14,18)/t8?,9-,10?,12-/m1/s1. The number of hydrogen-bond acceptors (Lipinski definition) is 5. The zero-order valence-electron chi connectivity index (χ0n) is 10.5. The van der Waals surface area contributed by atoms with E-state index in [1.54, 1.807) is 0 Å². The van der Waals surface area contributed by atoms with Gasteiger partial charge in [-0.1, -0.05) is 30.3 Å². The number of benzene rings is 1. The molecule has 20 heavy (non-hydrogen) atoms. The zero-order chi connectivity index (χ0) is 14.3. The molecule has 1 aromatic rings. The van der Waals surface area contributed by atoms with E-state index in [0.29, 0.717) is 0 Å². The highest BCUT2D eigenvalue weighted by molar-refractivity contribution is 5.85. The molecular weight excluding hydrogens is 264 g/mol. The predicted octanol–water partition coefficient (Wildman–Crippen LogP) is -0.249. The number of aliphatic hydroxyl groups excluding tert-OH is 1. The lowest BCUT2D eigenvalue weighted by Crippen LogP contribution is -2.39. The molecule has 0 spiro atoms. The van der Waals surface area contributed by atoms with Crippen LogP contribution >= 0.6 is 0 Å². The Kier molecular flexibility index (Phi) is 3.07. The number of fused-ring (bicyclic) bond motifs is 1. The topological polar surface area (TPSA) is 102 Å². The lowest BCUT2D eigenvalue weighted by atomic mass is 10.1. The molecule has 4 atom stereocenters. The minimum Gasteiger partial charge on any atom is -0.441 e. The number of nitrogens with zero attached hydrogens (tertiary/aromatic N) is 1. The predicted molar refractivity (Wildman–Crippen MR) is 66.2 cm³/mol. The number of carbonyl (C=O) groups is 2. The van der Waals surface area contributed by atoms with E-state index in [1.165, 1.54) is 4.90 Å². The van der Waals surface area contributed by atoms with Gasteiger partial charge < -0.3 is 25.2 Å². The fourth-order valence-electron chi connectivity index (χ4n) is 2.71. The van der Waals surface area contributed by atoms with Gasteiger partial charge in [0.15, 0.2) is 18.4 Å². The lowest BCUT2D eigenvalue weighted by Gasteiger charge is -2.22. The molecule has 0 bridgehead atoms. The van der Waals surface area contributed by atoms with Gasteiger partial charge in [-0.15, -0.1) is 0 Å². The maximum absolute atomic E-state index is 12.1. The van der Waals surface area contributed by atoms with Crippen LogP contribution < -0.4 is 5.73 Å². The van der Waals surface area contributed by atoms with E-state index in [9.17, 15) is 14.7 Å². The van der Waals surface area contributed by atoms with Crippen molar-refractivity contribution >= 4 is 12.0 Å². The number of carbonyl (C=O) groups excluding carboxylic acids is 2. The summed E-state index contributed by atoms with van der Waals surface area (Å²) in [6.45, 7) is 0.181. The van der Waals surface area contributed by atoms with Gasteiger partial charge in [0.25, 0.3) is 5.91 Å². The van der Waals surface area contributed by atoms with Gasteiger partial charge in [0.1, 0.15) is 0 Å². The molecule has 3 N–H and O–H groups in total. The highest BCUT2D eigenvalue weighted by Gasteiger charge is 2.56. The van der Waals surface area contributed by atoms with Crippen LogP contribution in [-0.2, 0) is 14.3 Å². The molecule has 2 heterocycles. The van der Waals surface area contributed by atoms with Crippen molar-refractivity contribution in [2.45, 2.75) is 24.5 Å². The summed E-state index contributed by atoms with van der Waals surface area (Å²) >= 11 is 0. The Balaban J connectivity index is 1.88. The molecule has 0 aliphatic carbocycles. The number of amides is 2. The van der Waals surface area contributed by atoms with Crippen LogP contribution in [0.1, 0.15) is 11.8 Å². The Bertz CT molecular complexity index is 535. The van der Waals surface area contributed by atoms with E-state index >= 15 is 0 Å².